The van der Waals surface area contributed by atoms with Crippen molar-refractivity contribution in [1.82, 2.24) is 4.98 Å². The minimum absolute atomic E-state index is 0.269. The summed E-state index contributed by atoms with van der Waals surface area (Å²) in [7, 11) is 0. The first-order valence-corrected chi connectivity index (χ1v) is 6.12. The Morgan fingerprint density at radius 2 is 2.17 bits per heavy atom. The monoisotopic (exact) mass is 311 g/mol. The second-order valence-corrected chi connectivity index (χ2v) is 4.70. The number of ether oxygens (including phenoxy) is 1. The van der Waals surface area contributed by atoms with Gasteiger partial charge in [-0.05, 0) is 31.2 Å². The zero-order chi connectivity index (χ0) is 13.1. The molecule has 3 nitrogen and oxygen atoms in total. The zero-order valence-electron chi connectivity index (χ0n) is 9.60. The van der Waals surface area contributed by atoms with Crippen LogP contribution in [0.1, 0.15) is 18.6 Å². The summed E-state index contributed by atoms with van der Waals surface area (Å²) in [5.74, 6) is 0.182. The summed E-state index contributed by atoms with van der Waals surface area (Å²) < 4.78 is 19.3. The number of hydrogen-bond acceptors (Lipinski definition) is 3. The Hall–Kier alpha value is -1.46. The molecule has 1 heterocycles. The van der Waals surface area contributed by atoms with E-state index in [1.807, 2.05) is 0 Å². The molecule has 0 amide bonds. The lowest BCUT2D eigenvalue weighted by atomic mass is 10.2. The van der Waals surface area contributed by atoms with Crippen molar-refractivity contribution in [3.05, 3.63) is 52.4 Å². The third-order valence-corrected chi connectivity index (χ3v) is 2.76. The number of halogens is 2. The topological polar surface area (TPSA) is 42.4 Å². The van der Waals surface area contributed by atoms with Crippen LogP contribution >= 0.6 is 15.9 Å². The molecule has 94 valence electrons. The Labute approximate surface area is 112 Å². The molecule has 2 rings (SSSR count). The molecular formula is C13H11BrFNO2. The maximum Gasteiger partial charge on any atom is 0.225 e. The number of aromatic nitrogens is 1. The number of nitrogens with zero attached hydrogens (tertiary/aromatic N) is 1. The minimum atomic E-state index is -0.703. The van der Waals surface area contributed by atoms with Gasteiger partial charge >= 0.3 is 0 Å². The molecule has 1 N–H and O–H groups in total. The van der Waals surface area contributed by atoms with E-state index in [0.717, 1.165) is 0 Å². The predicted molar refractivity (Wildman–Crippen MR) is 69.0 cm³/mol. The van der Waals surface area contributed by atoms with Crippen LogP contribution in [0.5, 0.6) is 11.6 Å². The summed E-state index contributed by atoms with van der Waals surface area (Å²) in [6.07, 6.45) is 0.848. The molecular weight excluding hydrogens is 301 g/mol. The maximum atomic E-state index is 13.2. The van der Waals surface area contributed by atoms with E-state index in [1.54, 1.807) is 31.3 Å². The van der Waals surface area contributed by atoms with Crippen LogP contribution in [0.3, 0.4) is 0 Å². The molecule has 0 aliphatic carbocycles. The van der Waals surface area contributed by atoms with Crippen LogP contribution in [-0.4, -0.2) is 10.1 Å². The van der Waals surface area contributed by atoms with Crippen molar-refractivity contribution < 1.29 is 14.2 Å². The summed E-state index contributed by atoms with van der Waals surface area (Å²) >= 11 is 3.18. The van der Waals surface area contributed by atoms with Gasteiger partial charge in [-0.25, -0.2) is 9.37 Å². The summed E-state index contributed by atoms with van der Waals surface area (Å²) in [4.78, 5) is 4.03. The Balaban J connectivity index is 2.34. The third kappa shape index (κ3) is 3.05. The fourth-order valence-electron chi connectivity index (χ4n) is 1.51. The van der Waals surface area contributed by atoms with E-state index in [4.69, 9.17) is 4.74 Å². The number of hydrogen-bond donors (Lipinski definition) is 1. The molecule has 1 aromatic heterocycles. The smallest absolute Gasteiger partial charge is 0.225 e. The van der Waals surface area contributed by atoms with E-state index in [0.29, 0.717) is 15.8 Å². The highest BCUT2D eigenvalue weighted by Crippen LogP contribution is 2.29. The Morgan fingerprint density at radius 1 is 1.39 bits per heavy atom. The van der Waals surface area contributed by atoms with Crippen molar-refractivity contribution >= 4 is 15.9 Å². The van der Waals surface area contributed by atoms with Gasteiger partial charge in [-0.1, -0.05) is 15.9 Å². The molecule has 18 heavy (non-hydrogen) atoms. The van der Waals surface area contributed by atoms with E-state index in [1.165, 1.54) is 12.1 Å². The van der Waals surface area contributed by atoms with Crippen LogP contribution in [0.25, 0.3) is 0 Å². The number of aliphatic hydroxyl groups excluding tert-OH is 1. The lowest BCUT2D eigenvalue weighted by molar-refractivity contribution is 0.194. The highest BCUT2D eigenvalue weighted by atomic mass is 79.9. The van der Waals surface area contributed by atoms with Crippen LogP contribution in [0.4, 0.5) is 4.39 Å². The highest BCUT2D eigenvalue weighted by molar-refractivity contribution is 9.10. The van der Waals surface area contributed by atoms with E-state index < -0.39 is 11.9 Å². The second-order valence-electron chi connectivity index (χ2n) is 3.78. The van der Waals surface area contributed by atoms with Crippen LogP contribution in [0.2, 0.25) is 0 Å². The van der Waals surface area contributed by atoms with Crippen molar-refractivity contribution in [2.75, 3.05) is 0 Å². The largest absolute Gasteiger partial charge is 0.438 e. The quantitative estimate of drug-likeness (QED) is 0.936. The van der Waals surface area contributed by atoms with Gasteiger partial charge in [-0.3, -0.25) is 0 Å². The molecule has 0 unspecified atom stereocenters. The van der Waals surface area contributed by atoms with Gasteiger partial charge in [0, 0.05) is 22.3 Å². The third-order valence-electron chi connectivity index (χ3n) is 2.30. The minimum Gasteiger partial charge on any atom is -0.438 e. The van der Waals surface area contributed by atoms with Gasteiger partial charge in [-0.2, -0.15) is 0 Å². The fourth-order valence-corrected chi connectivity index (χ4v) is 1.95. The molecule has 5 heteroatoms. The molecule has 0 aliphatic rings. The van der Waals surface area contributed by atoms with Crippen LogP contribution in [0, 0.1) is 5.82 Å². The van der Waals surface area contributed by atoms with E-state index in [9.17, 15) is 9.50 Å². The highest BCUT2D eigenvalue weighted by Gasteiger charge is 2.11. The summed E-state index contributed by atoms with van der Waals surface area (Å²) in [6, 6.07) is 7.63. The molecule has 2 aromatic rings. The SMILES string of the molecule is C[C@@H](O)c1cccnc1Oc1cc(F)cc(Br)c1. The number of pyridine rings is 1. The normalized spacial score (nSPS) is 12.2. The zero-order valence-corrected chi connectivity index (χ0v) is 11.2. The van der Waals surface area contributed by atoms with Gasteiger partial charge < -0.3 is 9.84 Å². The molecule has 0 radical (unpaired) electrons. The number of benzene rings is 1. The fraction of sp³-hybridized carbons (Fsp3) is 0.154. The van der Waals surface area contributed by atoms with Crippen molar-refractivity contribution in [1.29, 1.82) is 0 Å². The average molecular weight is 312 g/mol. The van der Waals surface area contributed by atoms with Crippen LogP contribution in [0.15, 0.2) is 41.0 Å². The van der Waals surface area contributed by atoms with Crippen molar-refractivity contribution in [2.45, 2.75) is 13.0 Å². The van der Waals surface area contributed by atoms with Gasteiger partial charge in [0.25, 0.3) is 0 Å². The standard InChI is InChI=1S/C13H11BrFNO2/c1-8(17)12-3-2-4-16-13(12)18-11-6-9(14)5-10(15)7-11/h2-8,17H,1H3/t8-/m1/s1. The van der Waals surface area contributed by atoms with Gasteiger partial charge in [0.05, 0.1) is 6.10 Å². The summed E-state index contributed by atoms with van der Waals surface area (Å²) in [5, 5.41) is 9.59. The molecule has 1 aromatic carbocycles. The summed E-state index contributed by atoms with van der Waals surface area (Å²) in [6.45, 7) is 1.62. The van der Waals surface area contributed by atoms with Crippen molar-refractivity contribution in [3.8, 4) is 11.6 Å². The van der Waals surface area contributed by atoms with Crippen LogP contribution in [-0.2, 0) is 0 Å². The van der Waals surface area contributed by atoms with Crippen LogP contribution < -0.4 is 4.74 Å². The Kier molecular flexibility index (Phi) is 3.93. The molecule has 0 fully saturated rings. The molecule has 1 atom stereocenters. The average Bonchev–Trinajstić information content (AvgIpc) is 2.27. The molecule has 0 bridgehead atoms. The van der Waals surface area contributed by atoms with Gasteiger partial charge in [0.2, 0.25) is 5.88 Å². The molecule has 0 saturated heterocycles. The van der Waals surface area contributed by atoms with Crippen molar-refractivity contribution in [3.63, 3.8) is 0 Å². The predicted octanol–water partition coefficient (Wildman–Crippen LogP) is 3.83. The lowest BCUT2D eigenvalue weighted by Gasteiger charge is -2.11. The second kappa shape index (κ2) is 5.46. The first-order valence-electron chi connectivity index (χ1n) is 5.33. The van der Waals surface area contributed by atoms with E-state index in [-0.39, 0.29) is 5.88 Å². The van der Waals surface area contributed by atoms with Gasteiger partial charge in [0.1, 0.15) is 11.6 Å². The maximum absolute atomic E-state index is 13.2. The lowest BCUT2D eigenvalue weighted by Crippen LogP contribution is -1.98. The molecule has 0 saturated carbocycles. The molecule has 0 spiro atoms. The Bertz CT molecular complexity index is 540. The van der Waals surface area contributed by atoms with E-state index in [2.05, 4.69) is 20.9 Å². The first-order chi connectivity index (χ1) is 8.56. The first kappa shape index (κ1) is 13.0. The number of aliphatic hydroxyl groups is 1. The van der Waals surface area contributed by atoms with Gasteiger partial charge in [-0.15, -0.1) is 0 Å². The number of rotatable bonds is 3. The molecule has 0 aliphatic heterocycles. The Morgan fingerprint density at radius 3 is 2.83 bits per heavy atom. The van der Waals surface area contributed by atoms with E-state index >= 15 is 0 Å². The summed E-state index contributed by atoms with van der Waals surface area (Å²) in [5.41, 5.74) is 0.554. The van der Waals surface area contributed by atoms with Crippen molar-refractivity contribution in [2.24, 2.45) is 0 Å². The van der Waals surface area contributed by atoms with Gasteiger partial charge in [0.15, 0.2) is 0 Å².